The van der Waals surface area contributed by atoms with E-state index in [0.29, 0.717) is 23.4 Å². The molecule has 3 heterocycles. The second-order valence-electron chi connectivity index (χ2n) is 8.43. The lowest BCUT2D eigenvalue weighted by Crippen LogP contribution is -2.35. The van der Waals surface area contributed by atoms with Crippen LogP contribution in [0.15, 0.2) is 65.3 Å². The molecule has 8 nitrogen and oxygen atoms in total. The van der Waals surface area contributed by atoms with E-state index in [2.05, 4.69) is 22.3 Å². The number of carbonyl (C=O) groups is 3. The van der Waals surface area contributed by atoms with Crippen LogP contribution in [-0.2, 0) is 24.4 Å². The minimum atomic E-state index is -0.429. The summed E-state index contributed by atoms with van der Waals surface area (Å²) >= 11 is 0. The average Bonchev–Trinajstić information content (AvgIpc) is 3.46. The lowest BCUT2D eigenvalue weighted by Gasteiger charge is -2.26. The Morgan fingerprint density at radius 1 is 0.882 bits per heavy atom. The molecule has 0 saturated carbocycles. The van der Waals surface area contributed by atoms with Crippen molar-refractivity contribution in [1.29, 1.82) is 0 Å². The molecular formula is C26H25N3O5. The van der Waals surface area contributed by atoms with Crippen LogP contribution in [-0.4, -0.2) is 53.8 Å². The van der Waals surface area contributed by atoms with Crippen LogP contribution in [0.25, 0.3) is 0 Å². The number of imide groups is 1. The van der Waals surface area contributed by atoms with Crippen LogP contribution >= 0.6 is 0 Å². The third kappa shape index (κ3) is 4.64. The van der Waals surface area contributed by atoms with Crippen LogP contribution in [0.2, 0.25) is 0 Å². The van der Waals surface area contributed by atoms with Crippen molar-refractivity contribution in [3.05, 3.63) is 94.4 Å². The summed E-state index contributed by atoms with van der Waals surface area (Å²) in [4.78, 5) is 41.7. The number of furan rings is 1. The first-order valence-corrected chi connectivity index (χ1v) is 11.3. The van der Waals surface area contributed by atoms with E-state index in [-0.39, 0.29) is 23.9 Å². The number of hydrogen-bond donors (Lipinski definition) is 1. The molecule has 0 unspecified atom stereocenters. The lowest BCUT2D eigenvalue weighted by molar-refractivity contribution is 0.0342. The predicted molar refractivity (Wildman–Crippen MR) is 123 cm³/mol. The molecule has 2 aliphatic rings. The van der Waals surface area contributed by atoms with Gasteiger partial charge in [-0.05, 0) is 41.5 Å². The van der Waals surface area contributed by atoms with Crippen molar-refractivity contribution in [2.45, 2.75) is 19.6 Å². The highest BCUT2D eigenvalue weighted by Crippen LogP contribution is 2.26. The summed E-state index contributed by atoms with van der Waals surface area (Å²) in [6.07, 6.45) is 1.49. The van der Waals surface area contributed by atoms with E-state index in [1.165, 1.54) is 24.0 Å². The minimum Gasteiger partial charge on any atom is -0.467 e. The van der Waals surface area contributed by atoms with Gasteiger partial charge in [-0.3, -0.25) is 24.2 Å². The Hall–Kier alpha value is -3.75. The number of carbonyl (C=O) groups excluding carboxylic acids is 3. The molecule has 34 heavy (non-hydrogen) atoms. The van der Waals surface area contributed by atoms with Crippen LogP contribution in [0.1, 0.15) is 48.0 Å². The Kier molecular flexibility index (Phi) is 6.24. The van der Waals surface area contributed by atoms with Gasteiger partial charge in [-0.2, -0.15) is 0 Å². The molecule has 8 heteroatoms. The van der Waals surface area contributed by atoms with E-state index in [1.54, 1.807) is 18.2 Å². The first kappa shape index (κ1) is 22.1. The summed E-state index contributed by atoms with van der Waals surface area (Å²) in [6.45, 7) is 4.61. The number of hydrogen-bond acceptors (Lipinski definition) is 6. The average molecular weight is 460 g/mol. The fourth-order valence-corrected chi connectivity index (χ4v) is 4.27. The van der Waals surface area contributed by atoms with Gasteiger partial charge in [0.15, 0.2) is 0 Å². The van der Waals surface area contributed by atoms with Crippen LogP contribution in [0.4, 0.5) is 0 Å². The summed E-state index contributed by atoms with van der Waals surface area (Å²) < 4.78 is 10.7. The van der Waals surface area contributed by atoms with Crippen molar-refractivity contribution >= 4 is 17.7 Å². The lowest BCUT2D eigenvalue weighted by atomic mass is 10.0. The molecule has 1 saturated heterocycles. The number of benzene rings is 2. The van der Waals surface area contributed by atoms with E-state index < -0.39 is 5.91 Å². The quantitative estimate of drug-likeness (QED) is 0.547. The molecule has 3 amide bonds. The minimum absolute atomic E-state index is 0.0572. The Morgan fingerprint density at radius 2 is 1.68 bits per heavy atom. The highest BCUT2D eigenvalue weighted by atomic mass is 16.5. The molecule has 2 aromatic carbocycles. The molecule has 0 bridgehead atoms. The van der Waals surface area contributed by atoms with Gasteiger partial charge in [-0.15, -0.1) is 0 Å². The topological polar surface area (TPSA) is 92.1 Å². The molecular weight excluding hydrogens is 434 g/mol. The highest BCUT2D eigenvalue weighted by molar-refractivity contribution is 6.22. The Bertz CT molecular complexity index is 1210. The summed E-state index contributed by atoms with van der Waals surface area (Å²) in [5.74, 6) is -0.600. The molecule has 0 radical (unpaired) electrons. The molecule has 1 aromatic heterocycles. The maximum atomic E-state index is 12.8. The van der Waals surface area contributed by atoms with Crippen molar-refractivity contribution in [1.82, 2.24) is 15.1 Å². The largest absolute Gasteiger partial charge is 0.467 e. The zero-order chi connectivity index (χ0) is 23.5. The Labute approximate surface area is 197 Å². The number of morpholine rings is 1. The Morgan fingerprint density at radius 3 is 2.47 bits per heavy atom. The molecule has 3 aromatic rings. The van der Waals surface area contributed by atoms with Crippen molar-refractivity contribution in [2.24, 2.45) is 0 Å². The number of ether oxygens (including phenoxy) is 1. The van der Waals surface area contributed by atoms with Crippen LogP contribution < -0.4 is 5.32 Å². The van der Waals surface area contributed by atoms with Crippen LogP contribution in [0.3, 0.4) is 0 Å². The molecule has 5 rings (SSSR count). The summed E-state index contributed by atoms with van der Waals surface area (Å²) in [5, 5.41) is 2.91. The number of nitrogens with zero attached hydrogens (tertiary/aromatic N) is 2. The fourth-order valence-electron chi connectivity index (χ4n) is 4.27. The zero-order valence-corrected chi connectivity index (χ0v) is 18.7. The third-order valence-electron chi connectivity index (χ3n) is 6.08. The molecule has 0 spiro atoms. The fraction of sp³-hybridized carbons (Fsp3) is 0.269. The third-order valence-corrected chi connectivity index (χ3v) is 6.08. The SMILES string of the molecule is O=C(NCc1cccc(CN2CCOCC2)c1)c1ccc2c(c1)C(=O)N(Cc1ccco1)C2=O. The van der Waals surface area contributed by atoms with Crippen LogP contribution in [0, 0.1) is 0 Å². The van der Waals surface area contributed by atoms with E-state index in [9.17, 15) is 14.4 Å². The summed E-state index contributed by atoms with van der Waals surface area (Å²) in [7, 11) is 0. The zero-order valence-electron chi connectivity index (χ0n) is 18.7. The normalized spacial score (nSPS) is 16.1. The van der Waals surface area contributed by atoms with Crippen molar-refractivity contribution < 1.29 is 23.5 Å². The van der Waals surface area contributed by atoms with Crippen molar-refractivity contribution in [3.8, 4) is 0 Å². The van der Waals surface area contributed by atoms with E-state index in [1.807, 2.05) is 12.1 Å². The monoisotopic (exact) mass is 459 g/mol. The first-order valence-electron chi connectivity index (χ1n) is 11.3. The first-order chi connectivity index (χ1) is 16.6. The maximum absolute atomic E-state index is 12.8. The van der Waals surface area contributed by atoms with Crippen molar-refractivity contribution in [3.63, 3.8) is 0 Å². The van der Waals surface area contributed by atoms with Gasteiger partial charge < -0.3 is 14.5 Å². The van der Waals surface area contributed by atoms with Gasteiger partial charge >= 0.3 is 0 Å². The maximum Gasteiger partial charge on any atom is 0.261 e. The molecule has 1 fully saturated rings. The van der Waals surface area contributed by atoms with Gasteiger partial charge in [0, 0.05) is 31.7 Å². The van der Waals surface area contributed by atoms with Gasteiger partial charge in [0.1, 0.15) is 5.76 Å². The van der Waals surface area contributed by atoms with Gasteiger partial charge in [0.2, 0.25) is 0 Å². The number of nitrogens with one attached hydrogen (secondary N) is 1. The summed E-state index contributed by atoms with van der Waals surface area (Å²) in [6, 6.07) is 16.1. The smallest absolute Gasteiger partial charge is 0.261 e. The van der Waals surface area contributed by atoms with Gasteiger partial charge in [-0.25, -0.2) is 0 Å². The second kappa shape index (κ2) is 9.62. The number of amides is 3. The molecule has 1 N–H and O–H groups in total. The van der Waals surface area contributed by atoms with E-state index >= 15 is 0 Å². The van der Waals surface area contributed by atoms with E-state index in [4.69, 9.17) is 9.15 Å². The van der Waals surface area contributed by atoms with E-state index in [0.717, 1.165) is 43.3 Å². The number of fused-ring (bicyclic) bond motifs is 1. The van der Waals surface area contributed by atoms with Gasteiger partial charge in [0.05, 0.1) is 37.1 Å². The molecule has 0 atom stereocenters. The number of rotatable bonds is 7. The van der Waals surface area contributed by atoms with Crippen molar-refractivity contribution in [2.75, 3.05) is 26.3 Å². The second-order valence-corrected chi connectivity index (χ2v) is 8.43. The summed E-state index contributed by atoms with van der Waals surface area (Å²) in [5.41, 5.74) is 3.05. The van der Waals surface area contributed by atoms with Crippen LogP contribution in [0.5, 0.6) is 0 Å². The highest BCUT2D eigenvalue weighted by Gasteiger charge is 2.36. The Balaban J connectivity index is 1.23. The standard InChI is InChI=1S/C26H25N3O5/c30-24(27-15-18-3-1-4-19(13-18)16-28-8-11-33-12-9-28)20-6-7-22-23(14-20)26(32)29(25(22)31)17-21-5-2-10-34-21/h1-7,10,13-14H,8-9,11-12,15-17H2,(H,27,30). The molecule has 174 valence electrons. The van der Waals surface area contributed by atoms with Gasteiger partial charge in [0.25, 0.3) is 17.7 Å². The molecule has 0 aliphatic carbocycles. The molecule has 2 aliphatic heterocycles. The van der Waals surface area contributed by atoms with Gasteiger partial charge in [-0.1, -0.05) is 24.3 Å². The predicted octanol–water partition coefficient (Wildman–Crippen LogP) is 2.84.